The van der Waals surface area contributed by atoms with E-state index in [2.05, 4.69) is 575 Å². The predicted octanol–water partition coefficient (Wildman–Crippen LogP) is 35.9. The van der Waals surface area contributed by atoms with Crippen LogP contribution in [0, 0.1) is 0 Å². The van der Waals surface area contributed by atoms with Crippen molar-refractivity contribution in [3.05, 3.63) is 557 Å². The lowest BCUT2D eigenvalue weighted by Gasteiger charge is -2.33. The molecule has 0 saturated heterocycles. The van der Waals surface area contributed by atoms with Gasteiger partial charge in [-0.15, -0.1) is 0 Å². The maximum Gasteiger partial charge on any atom is 0.0630 e. The van der Waals surface area contributed by atoms with Gasteiger partial charge in [-0.2, -0.15) is 0 Å². The Morgan fingerprint density at radius 2 is 0.406 bits per heavy atom. The lowest BCUT2D eigenvalue weighted by Crippen LogP contribution is -2.28. The highest BCUT2D eigenvalue weighted by molar-refractivity contribution is 6.13. The van der Waals surface area contributed by atoms with Crippen LogP contribution in [0.25, 0.3) is 150 Å². The molecule has 0 amide bonds. The van der Waals surface area contributed by atoms with Gasteiger partial charge in [0.1, 0.15) is 0 Å². The van der Waals surface area contributed by atoms with Gasteiger partial charge in [0.2, 0.25) is 0 Å². The van der Waals surface area contributed by atoms with Crippen molar-refractivity contribution >= 4 is 112 Å². The molecular weight excluding hydrogens is 1670 g/mol. The predicted molar refractivity (Wildman–Crippen MR) is 581 cm³/mol. The number of fused-ring (bicyclic) bond motifs is 9. The van der Waals surface area contributed by atoms with Crippen molar-refractivity contribution in [3.63, 3.8) is 0 Å². The van der Waals surface area contributed by atoms with Crippen LogP contribution in [0.3, 0.4) is 0 Å². The molecule has 650 valence electrons. The van der Waals surface area contributed by atoms with Gasteiger partial charge in [0.15, 0.2) is 0 Å². The van der Waals surface area contributed by atoms with E-state index in [-0.39, 0.29) is 12.0 Å². The minimum absolute atomic E-state index is 0.107. The summed E-state index contributed by atoms with van der Waals surface area (Å²) in [4.78, 5) is 9.78. The molecule has 0 bridgehead atoms. The van der Waals surface area contributed by atoms with E-state index in [1.54, 1.807) is 0 Å². The lowest BCUT2D eigenvalue weighted by atomic mass is 9.85. The molecule has 25 rings (SSSR count). The summed E-state index contributed by atoms with van der Waals surface area (Å²) in [6.07, 6.45) is 7.22. The molecule has 21 aromatic carbocycles. The standard InChI is InChI=1S/C132H92N6/c1-10-28-91(29-11-1)103-58-76-127-121(82-103)122-83-104(92-30-12-2-13-31-92)59-77-128(122)136(127)115-70-52-100(53-71-115)97-46-64-112(65-47-97)133(109-40-22-7-23-41-109)118-88-119(134(110-42-24-8-25-43-110)113-66-48-98(49-67-113)101-54-72-116(73-55-101)137-129-78-60-105(93-32-14-3-15-33-93)84-123(129)124-85-106(61-79-130(124)137)94-34-16-4-17-35-94)90-120(89-118)135(111-44-26-9-27-45-111)114-68-50-99(51-69-114)102-56-74-117(75-57-102)138-131-80-62-107(95-36-18-5-19-37-95)86-125(131)126-87-108(63-81-132(126)138)96-38-20-6-21-39-96/h1-90,121,127H. The monoisotopic (exact) mass is 1760 g/mol. The van der Waals surface area contributed by atoms with Crippen LogP contribution in [0.5, 0.6) is 0 Å². The van der Waals surface area contributed by atoms with Crippen molar-refractivity contribution in [2.75, 3.05) is 19.6 Å². The molecule has 2 atom stereocenters. The first kappa shape index (κ1) is 81.9. The van der Waals surface area contributed by atoms with Crippen molar-refractivity contribution in [3.8, 4) is 100 Å². The summed E-state index contributed by atoms with van der Waals surface area (Å²) >= 11 is 0. The van der Waals surface area contributed by atoms with Gasteiger partial charge in [-0.3, -0.25) is 0 Å². The van der Waals surface area contributed by atoms with Gasteiger partial charge in [0, 0.05) is 84.3 Å². The summed E-state index contributed by atoms with van der Waals surface area (Å²) < 4.78 is 4.85. The topological polar surface area (TPSA) is 22.8 Å². The number of rotatable bonds is 21. The first-order valence-electron chi connectivity index (χ1n) is 47.6. The molecule has 0 radical (unpaired) electrons. The molecule has 1 aliphatic heterocycles. The quantitative estimate of drug-likeness (QED) is 0.0715. The van der Waals surface area contributed by atoms with Crippen LogP contribution in [0.1, 0.15) is 17.0 Å². The third-order valence-corrected chi connectivity index (χ3v) is 27.8. The average Bonchev–Trinajstić information content (AvgIpc) is 1.56. The fourth-order valence-corrected chi connectivity index (χ4v) is 21.0. The smallest absolute Gasteiger partial charge is 0.0630 e. The molecule has 6 nitrogen and oxygen atoms in total. The van der Waals surface area contributed by atoms with E-state index in [4.69, 9.17) is 0 Å². The van der Waals surface area contributed by atoms with E-state index in [1.807, 2.05) is 0 Å². The number of hydrogen-bond donors (Lipinski definition) is 0. The molecule has 0 N–H and O–H groups in total. The van der Waals surface area contributed by atoms with E-state index in [9.17, 15) is 0 Å². The fraction of sp³-hybridized carbons (Fsp3) is 0.0152. The molecule has 3 heterocycles. The summed E-state index contributed by atoms with van der Waals surface area (Å²) in [6.45, 7) is 0. The molecule has 23 aromatic rings. The zero-order valence-electron chi connectivity index (χ0n) is 75.8. The van der Waals surface area contributed by atoms with Gasteiger partial charge < -0.3 is 28.7 Å². The maximum atomic E-state index is 2.54. The minimum atomic E-state index is 0.107. The van der Waals surface area contributed by atoms with Crippen molar-refractivity contribution < 1.29 is 0 Å². The van der Waals surface area contributed by atoms with E-state index >= 15 is 0 Å². The number of aromatic nitrogens is 2. The summed E-state index contributed by atoms with van der Waals surface area (Å²) in [7, 11) is 0. The van der Waals surface area contributed by atoms with Crippen LogP contribution in [-0.4, -0.2) is 15.2 Å². The largest absolute Gasteiger partial charge is 0.333 e. The highest BCUT2D eigenvalue weighted by Crippen LogP contribution is 2.53. The normalized spacial score (nSPS) is 13.2. The number of para-hydroxylation sites is 3. The summed E-state index contributed by atoms with van der Waals surface area (Å²) in [5.74, 6) is 0.159. The second kappa shape index (κ2) is 35.5. The van der Waals surface area contributed by atoms with E-state index in [0.717, 1.165) is 124 Å². The van der Waals surface area contributed by atoms with Crippen LogP contribution in [0.15, 0.2) is 546 Å². The first-order chi connectivity index (χ1) is 68.4. The Morgan fingerprint density at radius 1 is 0.174 bits per heavy atom. The van der Waals surface area contributed by atoms with Crippen LogP contribution >= 0.6 is 0 Å². The number of allylic oxidation sites excluding steroid dienone is 2. The maximum absolute atomic E-state index is 2.54. The third kappa shape index (κ3) is 15.4. The Bertz CT molecular complexity index is 7920. The molecule has 0 saturated carbocycles. The van der Waals surface area contributed by atoms with Crippen molar-refractivity contribution in [2.45, 2.75) is 12.0 Å². The van der Waals surface area contributed by atoms with Gasteiger partial charge in [-0.25, -0.2) is 0 Å². The molecule has 6 heteroatoms. The first-order valence-corrected chi connectivity index (χ1v) is 47.6. The highest BCUT2D eigenvalue weighted by atomic mass is 15.2. The van der Waals surface area contributed by atoms with Gasteiger partial charge in [0.05, 0.1) is 45.2 Å². The van der Waals surface area contributed by atoms with Crippen molar-refractivity contribution in [1.82, 2.24) is 9.13 Å². The highest BCUT2D eigenvalue weighted by Gasteiger charge is 2.39. The molecule has 2 unspecified atom stereocenters. The Morgan fingerprint density at radius 3 is 0.703 bits per heavy atom. The van der Waals surface area contributed by atoms with Gasteiger partial charge in [-0.05, 0) is 294 Å². The number of hydrogen-bond acceptors (Lipinski definition) is 4. The molecule has 2 aromatic heterocycles. The summed E-state index contributed by atoms with van der Waals surface area (Å²) in [5.41, 5.74) is 40.7. The number of nitrogens with zero attached hydrogens (tertiary/aromatic N) is 6. The second-order valence-corrected chi connectivity index (χ2v) is 35.9. The van der Waals surface area contributed by atoms with Gasteiger partial charge in [-0.1, -0.05) is 358 Å². The van der Waals surface area contributed by atoms with E-state index < -0.39 is 0 Å². The number of benzene rings is 21. The Labute approximate surface area is 804 Å². The third-order valence-electron chi connectivity index (χ3n) is 27.8. The lowest BCUT2D eigenvalue weighted by molar-refractivity contribution is 0.747. The van der Waals surface area contributed by atoms with E-state index in [0.29, 0.717) is 0 Å². The molecule has 0 fully saturated rings. The number of anilines is 11. The minimum Gasteiger partial charge on any atom is -0.333 e. The Balaban J connectivity index is 0.585. The van der Waals surface area contributed by atoms with Gasteiger partial charge >= 0.3 is 0 Å². The molecule has 138 heavy (non-hydrogen) atoms. The van der Waals surface area contributed by atoms with Crippen LogP contribution in [0.4, 0.5) is 62.6 Å². The fourth-order valence-electron chi connectivity index (χ4n) is 21.0. The van der Waals surface area contributed by atoms with Crippen LogP contribution < -0.4 is 19.6 Å². The SMILES string of the molecule is C1=CC2C(C=C1c1ccccc1)c1cc(-c3ccccc3)ccc1N2c1ccc(-c2ccc(N(c3ccccc3)c3cc(N(c4ccccc4)c4ccc(-c5ccc(-n6c7ccc(-c8ccccc8)cc7c7cc(-c8ccccc8)ccc76)cc5)cc4)cc(N(c4ccccc4)c4ccc(-c5ccc(-n6c7ccc(-c8ccccc8)cc7c7cc(-c8ccccc8)ccc76)cc5)cc4)c3)cc2)cc1. The molecule has 2 aliphatic rings. The molecular formula is C132H92N6. The van der Waals surface area contributed by atoms with Crippen LogP contribution in [0.2, 0.25) is 0 Å². The van der Waals surface area contributed by atoms with Crippen LogP contribution in [-0.2, 0) is 0 Å². The van der Waals surface area contributed by atoms with Crippen molar-refractivity contribution in [1.29, 1.82) is 0 Å². The zero-order valence-corrected chi connectivity index (χ0v) is 75.8. The van der Waals surface area contributed by atoms with Crippen molar-refractivity contribution in [2.24, 2.45) is 0 Å². The zero-order chi connectivity index (χ0) is 91.4. The van der Waals surface area contributed by atoms with E-state index in [1.165, 1.54) is 99.6 Å². The van der Waals surface area contributed by atoms with Gasteiger partial charge in [0.25, 0.3) is 0 Å². The average molecular weight is 1760 g/mol. The Kier molecular flexibility index (Phi) is 21.0. The molecule has 0 spiro atoms. The summed E-state index contributed by atoms with van der Waals surface area (Å²) in [5, 5.41) is 4.86. The molecule has 1 aliphatic carbocycles. The Hall–Kier alpha value is -18.1. The second-order valence-electron chi connectivity index (χ2n) is 35.9. The summed E-state index contributed by atoms with van der Waals surface area (Å²) in [6, 6.07) is 194.